The smallest absolute Gasteiger partial charge is 0.172 e. The van der Waals surface area contributed by atoms with Crippen LogP contribution in [0.4, 0.5) is 0 Å². The summed E-state index contributed by atoms with van der Waals surface area (Å²) >= 11 is 0. The van der Waals surface area contributed by atoms with Gasteiger partial charge in [-0.2, -0.15) is 10.4 Å². The van der Waals surface area contributed by atoms with Crippen LogP contribution in [0.1, 0.15) is 24.2 Å². The predicted octanol–water partition coefficient (Wildman–Crippen LogP) is 2.98. The highest BCUT2D eigenvalue weighted by Gasteiger charge is 2.08. The summed E-state index contributed by atoms with van der Waals surface area (Å²) in [6, 6.07) is 10.2. The molecule has 104 valence electrons. The minimum atomic E-state index is 0.0385. The van der Waals surface area contributed by atoms with Crippen LogP contribution in [0.2, 0.25) is 0 Å². The Morgan fingerprint density at radius 1 is 1.29 bits per heavy atom. The van der Waals surface area contributed by atoms with Crippen molar-refractivity contribution in [2.45, 2.75) is 13.0 Å². The maximum Gasteiger partial charge on any atom is 0.172 e. The molecule has 3 aromatic rings. The summed E-state index contributed by atoms with van der Waals surface area (Å²) in [5, 5.41) is 13.1. The normalized spacial score (nSPS) is 12.2. The van der Waals surface area contributed by atoms with Crippen LogP contribution in [0, 0.1) is 11.3 Å². The van der Waals surface area contributed by atoms with E-state index in [1.165, 1.54) is 6.20 Å². The lowest BCUT2D eigenvalue weighted by Gasteiger charge is -2.11. The summed E-state index contributed by atoms with van der Waals surface area (Å²) in [5.41, 5.74) is 4.14. The van der Waals surface area contributed by atoms with Gasteiger partial charge in [0.25, 0.3) is 0 Å². The fourth-order valence-electron chi connectivity index (χ4n) is 2.21. The van der Waals surface area contributed by atoms with Crippen molar-refractivity contribution >= 4 is 5.65 Å². The Hall–Kier alpha value is -2.71. The van der Waals surface area contributed by atoms with Gasteiger partial charge in [0.05, 0.1) is 12.3 Å². The molecule has 0 unspecified atom stereocenters. The van der Waals surface area contributed by atoms with E-state index in [4.69, 9.17) is 10.00 Å². The Morgan fingerprint density at radius 2 is 2.14 bits per heavy atom. The zero-order valence-corrected chi connectivity index (χ0v) is 11.8. The van der Waals surface area contributed by atoms with Gasteiger partial charge in [-0.05, 0) is 24.1 Å². The first-order valence-corrected chi connectivity index (χ1v) is 6.59. The molecule has 0 fully saturated rings. The van der Waals surface area contributed by atoms with E-state index in [0.717, 1.165) is 16.7 Å². The van der Waals surface area contributed by atoms with Crippen LogP contribution < -0.4 is 0 Å². The van der Waals surface area contributed by atoms with E-state index in [2.05, 4.69) is 22.2 Å². The van der Waals surface area contributed by atoms with E-state index >= 15 is 0 Å². The molecule has 5 nitrogen and oxygen atoms in total. The highest BCUT2D eigenvalue weighted by Crippen LogP contribution is 2.24. The highest BCUT2D eigenvalue weighted by molar-refractivity contribution is 5.65. The molecule has 1 atom stereocenters. The molecule has 3 rings (SSSR count). The first kappa shape index (κ1) is 13.3. The van der Waals surface area contributed by atoms with E-state index in [1.807, 2.05) is 31.3 Å². The average Bonchev–Trinajstić information content (AvgIpc) is 2.96. The van der Waals surface area contributed by atoms with Crippen molar-refractivity contribution in [3.63, 3.8) is 0 Å². The van der Waals surface area contributed by atoms with Crippen LogP contribution in [0.3, 0.4) is 0 Å². The van der Waals surface area contributed by atoms with Crippen molar-refractivity contribution in [1.82, 2.24) is 14.6 Å². The van der Waals surface area contributed by atoms with E-state index in [1.54, 1.807) is 17.8 Å². The minimum absolute atomic E-state index is 0.0385. The molecule has 0 radical (unpaired) electrons. The van der Waals surface area contributed by atoms with E-state index < -0.39 is 0 Å². The molecule has 0 saturated heterocycles. The molecule has 0 amide bonds. The van der Waals surface area contributed by atoms with Gasteiger partial charge in [-0.15, -0.1) is 0 Å². The number of nitriles is 1. The number of hydrogen-bond acceptors (Lipinski definition) is 4. The Bertz CT molecular complexity index is 832. The maximum absolute atomic E-state index is 8.98. The molecule has 2 heterocycles. The number of rotatable bonds is 3. The molecule has 0 spiro atoms. The van der Waals surface area contributed by atoms with Gasteiger partial charge < -0.3 is 4.74 Å². The van der Waals surface area contributed by atoms with Crippen molar-refractivity contribution in [3.8, 4) is 17.2 Å². The molecule has 0 aliphatic rings. The van der Waals surface area contributed by atoms with E-state index in [-0.39, 0.29) is 6.10 Å². The van der Waals surface area contributed by atoms with Gasteiger partial charge in [0, 0.05) is 25.1 Å². The summed E-state index contributed by atoms with van der Waals surface area (Å²) in [6.07, 6.45) is 5.19. The van der Waals surface area contributed by atoms with Crippen molar-refractivity contribution in [2.24, 2.45) is 0 Å². The number of benzene rings is 1. The molecule has 0 bridgehead atoms. The van der Waals surface area contributed by atoms with Crippen LogP contribution in [-0.2, 0) is 4.74 Å². The number of aromatic nitrogens is 3. The molecular formula is C16H14N4O. The van der Waals surface area contributed by atoms with Gasteiger partial charge >= 0.3 is 0 Å². The monoisotopic (exact) mass is 278 g/mol. The predicted molar refractivity (Wildman–Crippen MR) is 78.6 cm³/mol. The van der Waals surface area contributed by atoms with Crippen molar-refractivity contribution in [1.29, 1.82) is 5.26 Å². The quantitative estimate of drug-likeness (QED) is 0.739. The van der Waals surface area contributed by atoms with Crippen molar-refractivity contribution in [2.75, 3.05) is 7.11 Å². The van der Waals surface area contributed by atoms with E-state index in [9.17, 15) is 0 Å². The third kappa shape index (κ3) is 2.37. The molecule has 0 N–H and O–H groups in total. The number of methoxy groups -OCH3 is 1. The largest absolute Gasteiger partial charge is 0.377 e. The summed E-state index contributed by atoms with van der Waals surface area (Å²) in [5.74, 6) is 0. The maximum atomic E-state index is 8.98. The van der Waals surface area contributed by atoms with Crippen LogP contribution in [0.5, 0.6) is 0 Å². The molecule has 5 heteroatoms. The first-order valence-electron chi connectivity index (χ1n) is 6.59. The fraction of sp³-hybridized carbons (Fsp3) is 0.188. The minimum Gasteiger partial charge on any atom is -0.377 e. The Morgan fingerprint density at radius 3 is 2.90 bits per heavy atom. The number of fused-ring (bicyclic) bond motifs is 1. The summed E-state index contributed by atoms with van der Waals surface area (Å²) in [4.78, 5) is 4.33. The molecule has 0 aliphatic heterocycles. The molecule has 21 heavy (non-hydrogen) atoms. The summed E-state index contributed by atoms with van der Waals surface area (Å²) < 4.78 is 6.97. The van der Waals surface area contributed by atoms with E-state index in [0.29, 0.717) is 11.2 Å². The zero-order valence-electron chi connectivity index (χ0n) is 11.8. The topological polar surface area (TPSA) is 63.2 Å². The number of nitrogens with zero attached hydrogens (tertiary/aromatic N) is 4. The van der Waals surface area contributed by atoms with Gasteiger partial charge in [-0.3, -0.25) is 0 Å². The zero-order chi connectivity index (χ0) is 14.8. The SMILES string of the molecule is CO[C@H](C)c1cccc(-c2cnc3c(C#N)cnn3c2)c1. The molecule has 1 aromatic carbocycles. The average molecular weight is 278 g/mol. The molecule has 0 saturated carbocycles. The highest BCUT2D eigenvalue weighted by atomic mass is 16.5. The second kappa shape index (κ2) is 5.35. The third-order valence-corrected chi connectivity index (χ3v) is 3.52. The van der Waals surface area contributed by atoms with Crippen LogP contribution in [0.15, 0.2) is 42.9 Å². The van der Waals surface area contributed by atoms with Crippen molar-refractivity contribution < 1.29 is 4.74 Å². The summed E-state index contributed by atoms with van der Waals surface area (Å²) in [7, 11) is 1.69. The number of hydrogen-bond donors (Lipinski definition) is 0. The van der Waals surface area contributed by atoms with Gasteiger partial charge in [0.15, 0.2) is 5.65 Å². The van der Waals surface area contributed by atoms with Crippen LogP contribution in [0.25, 0.3) is 16.8 Å². The van der Waals surface area contributed by atoms with Crippen LogP contribution >= 0.6 is 0 Å². The standard InChI is InChI=1S/C16H14N4O/c1-11(21-2)12-4-3-5-13(6-12)15-8-18-16-14(7-17)9-19-20(16)10-15/h3-6,8-11H,1-2H3/t11-/m1/s1. The Labute approximate surface area is 122 Å². The molecule has 2 aromatic heterocycles. The van der Waals surface area contributed by atoms with Gasteiger partial charge in [0.1, 0.15) is 11.6 Å². The Balaban J connectivity index is 2.06. The third-order valence-electron chi connectivity index (χ3n) is 3.52. The lowest BCUT2D eigenvalue weighted by atomic mass is 10.0. The Kier molecular flexibility index (Phi) is 3.38. The van der Waals surface area contributed by atoms with Gasteiger partial charge in [-0.25, -0.2) is 9.50 Å². The number of ether oxygens (including phenoxy) is 1. The first-order chi connectivity index (χ1) is 10.2. The lowest BCUT2D eigenvalue weighted by molar-refractivity contribution is 0.119. The second-order valence-electron chi connectivity index (χ2n) is 4.78. The van der Waals surface area contributed by atoms with Gasteiger partial charge in [-0.1, -0.05) is 18.2 Å². The lowest BCUT2D eigenvalue weighted by Crippen LogP contribution is -1.96. The van der Waals surface area contributed by atoms with Crippen molar-refractivity contribution in [3.05, 3.63) is 54.0 Å². The molecular weight excluding hydrogens is 264 g/mol. The molecule has 0 aliphatic carbocycles. The fourth-order valence-corrected chi connectivity index (χ4v) is 2.21. The van der Waals surface area contributed by atoms with Crippen LogP contribution in [-0.4, -0.2) is 21.7 Å². The second-order valence-corrected chi connectivity index (χ2v) is 4.78. The summed E-state index contributed by atoms with van der Waals surface area (Å²) in [6.45, 7) is 2.01. The van der Waals surface area contributed by atoms with Gasteiger partial charge in [0.2, 0.25) is 0 Å².